The Kier molecular flexibility index (Phi) is 4.92. The van der Waals surface area contributed by atoms with E-state index < -0.39 is 37.3 Å². The Balaban J connectivity index is 2.14. The van der Waals surface area contributed by atoms with Gasteiger partial charge in [-0.25, -0.2) is 0 Å². The monoisotopic (exact) mass is 298 g/mol. The van der Waals surface area contributed by atoms with Crippen LogP contribution in [-0.4, -0.2) is 63.5 Å². The lowest BCUT2D eigenvalue weighted by atomic mass is 9.99. The predicted octanol–water partition coefficient (Wildman–Crippen LogP) is -0.932. The minimum Gasteiger partial charge on any atom is -0.462 e. The molecule has 0 spiro atoms. The first-order valence-corrected chi connectivity index (χ1v) is 6.52. The fourth-order valence-corrected chi connectivity index (χ4v) is 2.09. The number of hydrogen-bond acceptors (Lipinski definition) is 7. The maximum atomic E-state index is 11.3. The van der Waals surface area contributed by atoms with E-state index in [9.17, 15) is 20.1 Å². The fraction of sp³-hybridized carbons (Fsp3) is 0.500. The van der Waals surface area contributed by atoms with Gasteiger partial charge in [-0.15, -0.1) is 0 Å². The molecule has 0 amide bonds. The molecule has 0 radical (unpaired) electrons. The first-order valence-electron chi connectivity index (χ1n) is 6.52. The van der Waals surface area contributed by atoms with Gasteiger partial charge < -0.3 is 29.9 Å². The first kappa shape index (κ1) is 15.9. The highest BCUT2D eigenvalue weighted by atomic mass is 16.7. The first-order chi connectivity index (χ1) is 9.93. The van der Waals surface area contributed by atoms with E-state index in [0.717, 1.165) is 0 Å². The van der Waals surface area contributed by atoms with Crippen molar-refractivity contribution in [1.82, 2.24) is 0 Å². The summed E-state index contributed by atoms with van der Waals surface area (Å²) in [6.45, 7) is 0.880. The molecule has 116 valence electrons. The van der Waals surface area contributed by atoms with Gasteiger partial charge in [0.25, 0.3) is 0 Å². The molecule has 0 bridgehead atoms. The number of hydrogen-bond donors (Lipinski definition) is 4. The number of aliphatic hydroxyl groups excluding tert-OH is 4. The summed E-state index contributed by atoms with van der Waals surface area (Å²) in [5.41, 5.74) is 0.428. The molecule has 1 aliphatic rings. The van der Waals surface area contributed by atoms with E-state index >= 15 is 0 Å². The second-order valence-corrected chi connectivity index (χ2v) is 4.90. The molecule has 0 unspecified atom stereocenters. The van der Waals surface area contributed by atoms with Crippen LogP contribution in [0.4, 0.5) is 0 Å². The molecule has 21 heavy (non-hydrogen) atoms. The number of benzene rings is 1. The minimum atomic E-state index is -1.50. The predicted molar refractivity (Wildman–Crippen MR) is 70.8 cm³/mol. The zero-order valence-electron chi connectivity index (χ0n) is 11.4. The highest BCUT2D eigenvalue weighted by Gasteiger charge is 2.44. The summed E-state index contributed by atoms with van der Waals surface area (Å²) in [7, 11) is 0. The highest BCUT2D eigenvalue weighted by molar-refractivity contribution is 5.94. The van der Waals surface area contributed by atoms with Crippen molar-refractivity contribution in [2.75, 3.05) is 6.61 Å². The number of Topliss-reactive ketones (excluding diaryl/α,β-unsaturated/α-hetero) is 1. The third-order valence-electron chi connectivity index (χ3n) is 3.34. The summed E-state index contributed by atoms with van der Waals surface area (Å²) < 4.78 is 10.6. The van der Waals surface area contributed by atoms with Crippen LogP contribution in [0.2, 0.25) is 0 Å². The third-order valence-corrected chi connectivity index (χ3v) is 3.34. The van der Waals surface area contributed by atoms with Gasteiger partial charge in [0.05, 0.1) is 6.61 Å². The zero-order chi connectivity index (χ0) is 15.6. The van der Waals surface area contributed by atoms with Crippen molar-refractivity contribution in [2.45, 2.75) is 37.6 Å². The number of rotatable bonds is 4. The quantitative estimate of drug-likeness (QED) is 0.530. The summed E-state index contributed by atoms with van der Waals surface area (Å²) in [5, 5.41) is 38.3. The molecule has 1 aliphatic heterocycles. The van der Waals surface area contributed by atoms with Crippen molar-refractivity contribution in [2.24, 2.45) is 0 Å². The molecule has 0 aromatic heterocycles. The maximum absolute atomic E-state index is 11.3. The number of ketones is 1. The van der Waals surface area contributed by atoms with Crippen LogP contribution in [0.25, 0.3) is 0 Å². The van der Waals surface area contributed by atoms with Gasteiger partial charge in [-0.2, -0.15) is 0 Å². The van der Waals surface area contributed by atoms with E-state index in [0.29, 0.717) is 5.56 Å². The molecule has 0 saturated carbocycles. The molecule has 7 heteroatoms. The second-order valence-electron chi connectivity index (χ2n) is 4.90. The van der Waals surface area contributed by atoms with Gasteiger partial charge in [0.15, 0.2) is 5.78 Å². The molecule has 0 aliphatic carbocycles. The van der Waals surface area contributed by atoms with Gasteiger partial charge in [0.1, 0.15) is 30.2 Å². The zero-order valence-corrected chi connectivity index (χ0v) is 11.4. The smallest absolute Gasteiger partial charge is 0.229 e. The van der Waals surface area contributed by atoms with E-state index in [2.05, 4.69) is 0 Å². The molecule has 7 nitrogen and oxygen atoms in total. The van der Waals surface area contributed by atoms with Crippen LogP contribution in [0.5, 0.6) is 5.75 Å². The summed E-state index contributed by atoms with van der Waals surface area (Å²) in [5.74, 6) is 0.126. The Hall–Kier alpha value is -1.51. The van der Waals surface area contributed by atoms with Crippen molar-refractivity contribution in [3.05, 3.63) is 29.8 Å². The summed E-state index contributed by atoms with van der Waals surface area (Å²) >= 11 is 0. The average molecular weight is 298 g/mol. The molecular formula is C14H18O7. The van der Waals surface area contributed by atoms with Crippen LogP contribution >= 0.6 is 0 Å². The average Bonchev–Trinajstić information content (AvgIpc) is 2.48. The van der Waals surface area contributed by atoms with Crippen LogP contribution in [0.3, 0.4) is 0 Å². The van der Waals surface area contributed by atoms with Gasteiger partial charge >= 0.3 is 0 Å². The molecule has 1 aromatic rings. The summed E-state index contributed by atoms with van der Waals surface area (Å²) in [6.07, 6.45) is -6.72. The second kappa shape index (κ2) is 6.50. The fourth-order valence-electron chi connectivity index (χ4n) is 2.09. The van der Waals surface area contributed by atoms with Gasteiger partial charge in [-0.3, -0.25) is 4.79 Å². The van der Waals surface area contributed by atoms with Crippen molar-refractivity contribution in [3.63, 3.8) is 0 Å². The van der Waals surface area contributed by atoms with Gasteiger partial charge in [0, 0.05) is 5.56 Å². The van der Waals surface area contributed by atoms with Crippen molar-refractivity contribution in [1.29, 1.82) is 0 Å². The number of aliphatic hydroxyl groups is 4. The molecule has 2 rings (SSSR count). The number of carbonyl (C=O) groups is 1. The molecule has 1 saturated heterocycles. The third kappa shape index (κ3) is 3.39. The van der Waals surface area contributed by atoms with Gasteiger partial charge in [-0.1, -0.05) is 12.1 Å². The molecule has 5 atom stereocenters. The largest absolute Gasteiger partial charge is 0.462 e. The highest BCUT2D eigenvalue weighted by Crippen LogP contribution is 2.24. The minimum absolute atomic E-state index is 0.144. The van der Waals surface area contributed by atoms with E-state index in [1.165, 1.54) is 13.0 Å². The lowest BCUT2D eigenvalue weighted by Crippen LogP contribution is -2.60. The Labute approximate surface area is 121 Å². The van der Waals surface area contributed by atoms with Gasteiger partial charge in [-0.05, 0) is 19.1 Å². The Morgan fingerprint density at radius 1 is 1.24 bits per heavy atom. The topological polar surface area (TPSA) is 116 Å². The van der Waals surface area contributed by atoms with E-state index in [4.69, 9.17) is 14.6 Å². The number of carbonyl (C=O) groups excluding carboxylic acids is 1. The SMILES string of the molecule is CC(=O)c1cccc(O[C@@H]2O[C@H](CO)[C@@H](O)[C@H](O)[C@@H]2O)c1. The van der Waals surface area contributed by atoms with Crippen molar-refractivity contribution < 1.29 is 34.7 Å². The van der Waals surface area contributed by atoms with E-state index in [1.54, 1.807) is 18.2 Å². The van der Waals surface area contributed by atoms with Crippen LogP contribution in [-0.2, 0) is 4.74 Å². The number of ether oxygens (including phenoxy) is 2. The van der Waals surface area contributed by atoms with Crippen LogP contribution < -0.4 is 4.74 Å². The van der Waals surface area contributed by atoms with E-state index in [-0.39, 0.29) is 11.5 Å². The Morgan fingerprint density at radius 3 is 2.57 bits per heavy atom. The molecule has 1 fully saturated rings. The molecule has 4 N–H and O–H groups in total. The Morgan fingerprint density at radius 2 is 1.95 bits per heavy atom. The van der Waals surface area contributed by atoms with Crippen LogP contribution in [0.15, 0.2) is 24.3 Å². The summed E-state index contributed by atoms with van der Waals surface area (Å²) in [6, 6.07) is 6.26. The van der Waals surface area contributed by atoms with Crippen molar-refractivity contribution in [3.8, 4) is 5.75 Å². The maximum Gasteiger partial charge on any atom is 0.229 e. The molecule has 1 heterocycles. The summed E-state index contributed by atoms with van der Waals surface area (Å²) in [4.78, 5) is 11.3. The lowest BCUT2D eigenvalue weighted by molar-refractivity contribution is -0.277. The normalized spacial score (nSPS) is 32.7. The van der Waals surface area contributed by atoms with Crippen molar-refractivity contribution >= 4 is 5.78 Å². The molecule has 1 aromatic carbocycles. The van der Waals surface area contributed by atoms with Crippen LogP contribution in [0, 0.1) is 0 Å². The van der Waals surface area contributed by atoms with Gasteiger partial charge in [0.2, 0.25) is 6.29 Å². The van der Waals surface area contributed by atoms with E-state index in [1.807, 2.05) is 0 Å². The molecular weight excluding hydrogens is 280 g/mol. The lowest BCUT2D eigenvalue weighted by Gasteiger charge is -2.39. The van der Waals surface area contributed by atoms with Crippen LogP contribution in [0.1, 0.15) is 17.3 Å². The Bertz CT molecular complexity index is 502. The standard InChI is InChI=1S/C14H18O7/c1-7(16)8-3-2-4-9(5-8)20-14-13(19)12(18)11(17)10(6-15)21-14/h2-5,10-15,17-19H,6H2,1H3/t10-,11-,12+,13+,14-/m1/s1.